The van der Waals surface area contributed by atoms with E-state index in [0.717, 1.165) is 30.4 Å². The third kappa shape index (κ3) is 3.66. The van der Waals surface area contributed by atoms with Crippen molar-refractivity contribution in [2.45, 2.75) is 52.5 Å². The average Bonchev–Trinajstić information content (AvgIpc) is 2.83. The van der Waals surface area contributed by atoms with Crippen LogP contribution in [0.1, 0.15) is 51.0 Å². The van der Waals surface area contributed by atoms with E-state index in [-0.39, 0.29) is 0 Å². The Hall–Kier alpha value is -1.16. The quantitative estimate of drug-likeness (QED) is 0.886. The minimum atomic E-state index is 0.445. The molecule has 106 valence electrons. The third-order valence-electron chi connectivity index (χ3n) is 3.87. The van der Waals surface area contributed by atoms with Gasteiger partial charge in [0.05, 0.1) is 0 Å². The Morgan fingerprint density at radius 2 is 2.21 bits per heavy atom. The number of hydrogen-bond donors (Lipinski definition) is 1. The first kappa shape index (κ1) is 14.3. The normalized spacial score (nSPS) is 20.2. The molecule has 1 aromatic rings. The van der Waals surface area contributed by atoms with Crippen LogP contribution in [0.4, 0.5) is 5.82 Å². The number of hydrogen-bond acceptors (Lipinski definition) is 4. The largest absolute Gasteiger partial charge is 0.368 e. The van der Waals surface area contributed by atoms with Crippen molar-refractivity contribution in [2.75, 3.05) is 25.0 Å². The minimum Gasteiger partial charge on any atom is -0.368 e. The van der Waals surface area contributed by atoms with Crippen molar-refractivity contribution in [1.82, 2.24) is 14.9 Å². The zero-order chi connectivity index (χ0) is 13.8. The molecule has 2 rings (SSSR count). The summed E-state index contributed by atoms with van der Waals surface area (Å²) in [5, 5.41) is 3.49. The number of likely N-dealkylation sites (tertiary alicyclic amines) is 1. The van der Waals surface area contributed by atoms with Gasteiger partial charge in [0.2, 0.25) is 0 Å². The number of nitrogens with zero attached hydrogens (tertiary/aromatic N) is 3. The highest BCUT2D eigenvalue weighted by atomic mass is 15.2. The van der Waals surface area contributed by atoms with Crippen LogP contribution in [0.25, 0.3) is 0 Å². The fourth-order valence-corrected chi connectivity index (χ4v) is 2.74. The summed E-state index contributed by atoms with van der Waals surface area (Å²) in [5.41, 5.74) is 1.12. The highest BCUT2D eigenvalue weighted by Crippen LogP contribution is 2.19. The molecular formula is C15H26N4. The number of nitrogens with one attached hydrogen (secondary N) is 1. The van der Waals surface area contributed by atoms with Crippen LogP contribution in [0.2, 0.25) is 0 Å². The first-order valence-electron chi connectivity index (χ1n) is 7.43. The van der Waals surface area contributed by atoms with E-state index in [2.05, 4.69) is 47.0 Å². The predicted octanol–water partition coefficient (Wildman–Crippen LogP) is 2.80. The molecule has 0 amide bonds. The molecule has 1 atom stereocenters. The molecular weight excluding hydrogens is 236 g/mol. The van der Waals surface area contributed by atoms with Crippen molar-refractivity contribution < 1.29 is 0 Å². The van der Waals surface area contributed by atoms with Gasteiger partial charge in [-0.05, 0) is 38.8 Å². The Labute approximate surface area is 116 Å². The number of likely N-dealkylation sites (N-methyl/N-ethyl adjacent to an activating group) is 1. The Bertz CT molecular complexity index is 417. The number of anilines is 1. The summed E-state index contributed by atoms with van der Waals surface area (Å²) in [4.78, 5) is 11.5. The molecule has 1 aliphatic heterocycles. The van der Waals surface area contributed by atoms with Gasteiger partial charge in [0.1, 0.15) is 11.6 Å². The zero-order valence-corrected chi connectivity index (χ0v) is 12.6. The monoisotopic (exact) mass is 262 g/mol. The van der Waals surface area contributed by atoms with Crippen molar-refractivity contribution in [2.24, 2.45) is 0 Å². The lowest BCUT2D eigenvalue weighted by Gasteiger charge is -2.23. The number of aryl methyl sites for hydroxylation is 1. The molecule has 19 heavy (non-hydrogen) atoms. The Morgan fingerprint density at radius 3 is 2.89 bits per heavy atom. The highest BCUT2D eigenvalue weighted by molar-refractivity contribution is 5.37. The summed E-state index contributed by atoms with van der Waals surface area (Å²) >= 11 is 0. The van der Waals surface area contributed by atoms with Crippen molar-refractivity contribution in [3.05, 3.63) is 17.6 Å². The van der Waals surface area contributed by atoms with Crippen LogP contribution in [-0.2, 0) is 0 Å². The maximum Gasteiger partial charge on any atom is 0.129 e. The second kappa shape index (κ2) is 6.33. The number of rotatable bonds is 5. The van der Waals surface area contributed by atoms with Gasteiger partial charge in [0, 0.05) is 24.3 Å². The second-order valence-electron chi connectivity index (χ2n) is 5.69. The summed E-state index contributed by atoms with van der Waals surface area (Å²) < 4.78 is 0. The molecule has 4 nitrogen and oxygen atoms in total. The van der Waals surface area contributed by atoms with E-state index in [1.54, 1.807) is 0 Å². The van der Waals surface area contributed by atoms with Gasteiger partial charge in [0.25, 0.3) is 0 Å². The molecule has 0 bridgehead atoms. The van der Waals surface area contributed by atoms with Gasteiger partial charge in [-0.2, -0.15) is 0 Å². The summed E-state index contributed by atoms with van der Waals surface area (Å²) in [6.45, 7) is 11.9. The van der Waals surface area contributed by atoms with Crippen LogP contribution in [0.3, 0.4) is 0 Å². The van der Waals surface area contributed by atoms with Gasteiger partial charge in [-0.1, -0.05) is 20.8 Å². The van der Waals surface area contributed by atoms with Gasteiger partial charge >= 0.3 is 0 Å². The third-order valence-corrected chi connectivity index (χ3v) is 3.87. The van der Waals surface area contributed by atoms with Gasteiger partial charge < -0.3 is 5.32 Å². The van der Waals surface area contributed by atoms with Crippen molar-refractivity contribution in [3.8, 4) is 0 Å². The fourth-order valence-electron chi connectivity index (χ4n) is 2.74. The second-order valence-corrected chi connectivity index (χ2v) is 5.69. The Balaban J connectivity index is 1.99. The van der Waals surface area contributed by atoms with Crippen LogP contribution < -0.4 is 5.32 Å². The molecule has 1 saturated heterocycles. The van der Waals surface area contributed by atoms with Gasteiger partial charge in [-0.3, -0.25) is 4.90 Å². The number of aromatic nitrogens is 2. The SMILES string of the molecule is CCN1CCCC1CNc1cc(C(C)C)nc(C)n1. The first-order chi connectivity index (χ1) is 9.10. The Morgan fingerprint density at radius 1 is 1.42 bits per heavy atom. The average molecular weight is 262 g/mol. The van der Waals surface area contributed by atoms with Crippen molar-refractivity contribution in [1.29, 1.82) is 0 Å². The molecule has 0 aromatic carbocycles. The summed E-state index contributed by atoms with van der Waals surface area (Å²) in [7, 11) is 0. The lowest BCUT2D eigenvalue weighted by molar-refractivity contribution is 0.277. The van der Waals surface area contributed by atoms with Crippen LogP contribution in [0.5, 0.6) is 0 Å². The summed E-state index contributed by atoms with van der Waals surface area (Å²) in [5.74, 6) is 2.27. The maximum absolute atomic E-state index is 4.49. The highest BCUT2D eigenvalue weighted by Gasteiger charge is 2.22. The van der Waals surface area contributed by atoms with Gasteiger partial charge in [-0.25, -0.2) is 9.97 Å². The summed E-state index contributed by atoms with van der Waals surface area (Å²) in [6, 6.07) is 2.74. The topological polar surface area (TPSA) is 41.0 Å². The molecule has 0 spiro atoms. The van der Waals surface area contributed by atoms with Crippen LogP contribution in [-0.4, -0.2) is 40.5 Å². The standard InChI is InChI=1S/C15H26N4/c1-5-19-8-6-7-13(19)10-16-15-9-14(11(2)3)17-12(4)18-15/h9,11,13H,5-8,10H2,1-4H3,(H,16,17,18). The molecule has 1 aliphatic rings. The molecule has 0 saturated carbocycles. The van der Waals surface area contributed by atoms with Crippen LogP contribution >= 0.6 is 0 Å². The van der Waals surface area contributed by atoms with Gasteiger partial charge in [0.15, 0.2) is 0 Å². The molecule has 1 N–H and O–H groups in total. The smallest absolute Gasteiger partial charge is 0.129 e. The van der Waals surface area contributed by atoms with E-state index in [4.69, 9.17) is 0 Å². The minimum absolute atomic E-state index is 0.445. The molecule has 1 aromatic heterocycles. The molecule has 4 heteroatoms. The molecule has 0 radical (unpaired) electrons. The summed E-state index contributed by atoms with van der Waals surface area (Å²) in [6.07, 6.45) is 2.61. The van der Waals surface area contributed by atoms with E-state index >= 15 is 0 Å². The lowest BCUT2D eigenvalue weighted by atomic mass is 10.1. The molecule has 2 heterocycles. The molecule has 1 unspecified atom stereocenters. The van der Waals surface area contributed by atoms with Crippen LogP contribution in [0.15, 0.2) is 6.07 Å². The van der Waals surface area contributed by atoms with E-state index in [0.29, 0.717) is 12.0 Å². The molecule has 0 aliphatic carbocycles. The zero-order valence-electron chi connectivity index (χ0n) is 12.6. The Kier molecular flexibility index (Phi) is 4.75. The van der Waals surface area contributed by atoms with E-state index in [1.807, 2.05) is 6.92 Å². The fraction of sp³-hybridized carbons (Fsp3) is 0.733. The lowest BCUT2D eigenvalue weighted by Crippen LogP contribution is -2.34. The first-order valence-corrected chi connectivity index (χ1v) is 7.43. The predicted molar refractivity (Wildman–Crippen MR) is 79.6 cm³/mol. The van der Waals surface area contributed by atoms with E-state index in [1.165, 1.54) is 19.4 Å². The maximum atomic E-state index is 4.49. The van der Waals surface area contributed by atoms with Crippen LogP contribution in [0, 0.1) is 6.92 Å². The van der Waals surface area contributed by atoms with Crippen molar-refractivity contribution >= 4 is 5.82 Å². The van der Waals surface area contributed by atoms with E-state index < -0.39 is 0 Å². The van der Waals surface area contributed by atoms with Crippen molar-refractivity contribution in [3.63, 3.8) is 0 Å². The molecule has 1 fully saturated rings. The van der Waals surface area contributed by atoms with E-state index in [9.17, 15) is 0 Å². The van der Waals surface area contributed by atoms with Gasteiger partial charge in [-0.15, -0.1) is 0 Å².